The molecule has 126 valence electrons. The molecule has 1 atom stereocenters. The number of sulfonamides is 1. The first-order valence-electron chi connectivity index (χ1n) is 7.46. The van der Waals surface area contributed by atoms with Crippen LogP contribution in [0.2, 0.25) is 5.02 Å². The lowest BCUT2D eigenvalue weighted by Crippen LogP contribution is -2.40. The van der Waals surface area contributed by atoms with Gasteiger partial charge in [-0.1, -0.05) is 35.9 Å². The highest BCUT2D eigenvalue weighted by Gasteiger charge is 2.37. The third kappa shape index (κ3) is 3.17. The Morgan fingerprint density at radius 2 is 1.83 bits per heavy atom. The van der Waals surface area contributed by atoms with Crippen LogP contribution >= 0.6 is 11.6 Å². The first kappa shape index (κ1) is 17.0. The van der Waals surface area contributed by atoms with Crippen molar-refractivity contribution in [2.75, 3.05) is 6.54 Å². The van der Waals surface area contributed by atoms with Crippen LogP contribution in [0, 0.1) is 0 Å². The van der Waals surface area contributed by atoms with Gasteiger partial charge in [0.05, 0.1) is 17.4 Å². The minimum Gasteiger partial charge on any atom is -0.481 e. The van der Waals surface area contributed by atoms with Crippen LogP contribution in [0.5, 0.6) is 0 Å². The van der Waals surface area contributed by atoms with Crippen LogP contribution in [0.15, 0.2) is 53.4 Å². The second-order valence-corrected chi connectivity index (χ2v) is 7.96. The fourth-order valence-electron chi connectivity index (χ4n) is 3.04. The lowest BCUT2D eigenvalue weighted by molar-refractivity contribution is -0.138. The molecule has 7 heteroatoms. The Labute approximate surface area is 145 Å². The monoisotopic (exact) mass is 365 g/mol. The number of carbonyl (C=O) groups is 1. The van der Waals surface area contributed by atoms with E-state index in [9.17, 15) is 18.3 Å². The first-order valence-corrected chi connectivity index (χ1v) is 9.28. The van der Waals surface area contributed by atoms with E-state index < -0.39 is 22.0 Å². The van der Waals surface area contributed by atoms with Crippen molar-refractivity contribution in [3.05, 3.63) is 64.7 Å². The molecule has 2 aromatic carbocycles. The maximum atomic E-state index is 13.0. The number of hydrogen-bond acceptors (Lipinski definition) is 3. The van der Waals surface area contributed by atoms with E-state index in [0.717, 1.165) is 11.1 Å². The van der Waals surface area contributed by atoms with Gasteiger partial charge in [-0.3, -0.25) is 4.79 Å². The summed E-state index contributed by atoms with van der Waals surface area (Å²) in [5.41, 5.74) is 1.75. The second kappa shape index (κ2) is 6.55. The summed E-state index contributed by atoms with van der Waals surface area (Å²) in [5.74, 6) is -1.03. The van der Waals surface area contributed by atoms with Crippen molar-refractivity contribution in [3.8, 4) is 0 Å². The van der Waals surface area contributed by atoms with E-state index in [1.165, 1.54) is 28.6 Å². The quantitative estimate of drug-likeness (QED) is 0.903. The number of rotatable bonds is 4. The molecule has 5 nitrogen and oxygen atoms in total. The Hall–Kier alpha value is -1.89. The number of hydrogen-bond donors (Lipinski definition) is 1. The second-order valence-electron chi connectivity index (χ2n) is 5.63. The summed E-state index contributed by atoms with van der Waals surface area (Å²) < 4.78 is 27.3. The molecule has 0 aromatic heterocycles. The number of carboxylic acids is 1. The summed E-state index contributed by atoms with van der Waals surface area (Å²) in [4.78, 5) is 11.4. The number of carboxylic acid groups (broad SMARTS) is 1. The predicted molar refractivity (Wildman–Crippen MR) is 90.5 cm³/mol. The fourth-order valence-corrected chi connectivity index (χ4v) is 4.77. The van der Waals surface area contributed by atoms with E-state index in [0.29, 0.717) is 11.4 Å². The lowest BCUT2D eigenvalue weighted by atomic mass is 9.92. The molecule has 0 fully saturated rings. The zero-order valence-corrected chi connectivity index (χ0v) is 14.3. The average Bonchev–Trinajstić information content (AvgIpc) is 2.55. The van der Waals surface area contributed by atoms with Crippen molar-refractivity contribution in [3.63, 3.8) is 0 Å². The van der Waals surface area contributed by atoms with Gasteiger partial charge in [-0.15, -0.1) is 0 Å². The summed E-state index contributed by atoms with van der Waals surface area (Å²) >= 11 is 5.83. The molecule has 0 unspecified atom stereocenters. The van der Waals surface area contributed by atoms with Gasteiger partial charge in [0.1, 0.15) is 0 Å². The van der Waals surface area contributed by atoms with Gasteiger partial charge in [0.15, 0.2) is 0 Å². The average molecular weight is 366 g/mol. The molecule has 0 bridgehead atoms. The standard InChI is InChI=1S/C17H16ClNO4S/c18-13-5-7-14(8-6-13)24(22,23)19-10-9-12-3-1-2-4-15(12)16(19)11-17(20)21/h1-8,16H,9-11H2,(H,20,21)/t16-/m1/s1. The van der Waals surface area contributed by atoms with Crippen LogP contribution < -0.4 is 0 Å². The number of aliphatic carboxylic acids is 1. The Morgan fingerprint density at radius 3 is 2.50 bits per heavy atom. The number of fused-ring (bicyclic) bond motifs is 1. The van der Waals surface area contributed by atoms with Crippen LogP contribution in [0.25, 0.3) is 0 Å². The normalized spacial score (nSPS) is 18.1. The van der Waals surface area contributed by atoms with Crippen LogP contribution in [0.4, 0.5) is 0 Å². The molecular weight excluding hydrogens is 350 g/mol. The zero-order chi connectivity index (χ0) is 17.3. The fraction of sp³-hybridized carbons (Fsp3) is 0.235. The van der Waals surface area contributed by atoms with Crippen molar-refractivity contribution < 1.29 is 18.3 Å². The van der Waals surface area contributed by atoms with E-state index in [-0.39, 0.29) is 17.9 Å². The summed E-state index contributed by atoms with van der Waals surface area (Å²) in [6, 6.07) is 12.6. The van der Waals surface area contributed by atoms with Gasteiger partial charge in [0, 0.05) is 11.6 Å². The summed E-state index contributed by atoms with van der Waals surface area (Å²) in [7, 11) is -3.80. The zero-order valence-electron chi connectivity index (χ0n) is 12.7. The molecule has 2 aromatic rings. The highest BCUT2D eigenvalue weighted by molar-refractivity contribution is 7.89. The SMILES string of the molecule is O=C(O)C[C@@H]1c2ccccc2CCN1S(=O)(=O)c1ccc(Cl)cc1. The molecule has 24 heavy (non-hydrogen) atoms. The topological polar surface area (TPSA) is 74.7 Å². The molecule has 0 amide bonds. The molecule has 0 saturated heterocycles. The predicted octanol–water partition coefficient (Wildman–Crippen LogP) is 3.10. The molecular formula is C17H16ClNO4S. The molecule has 3 rings (SSSR count). The molecule has 1 aliphatic heterocycles. The Bertz CT molecular complexity index is 864. The van der Waals surface area contributed by atoms with E-state index in [1.54, 1.807) is 12.1 Å². The molecule has 0 aliphatic carbocycles. The molecule has 1 heterocycles. The molecule has 0 radical (unpaired) electrons. The van der Waals surface area contributed by atoms with E-state index in [1.807, 2.05) is 12.1 Å². The Kier molecular flexibility index (Phi) is 4.62. The van der Waals surface area contributed by atoms with Crippen LogP contribution in [-0.2, 0) is 21.2 Å². The van der Waals surface area contributed by atoms with Crippen molar-refractivity contribution in [1.82, 2.24) is 4.31 Å². The minimum atomic E-state index is -3.80. The number of benzene rings is 2. The van der Waals surface area contributed by atoms with Gasteiger partial charge in [-0.05, 0) is 41.8 Å². The third-order valence-electron chi connectivity index (χ3n) is 4.15. The molecule has 1 aliphatic rings. The lowest BCUT2D eigenvalue weighted by Gasteiger charge is -2.35. The summed E-state index contributed by atoms with van der Waals surface area (Å²) in [6.07, 6.45) is 0.281. The minimum absolute atomic E-state index is 0.113. The van der Waals surface area contributed by atoms with Crippen molar-refractivity contribution in [1.29, 1.82) is 0 Å². The highest BCUT2D eigenvalue weighted by atomic mass is 35.5. The van der Waals surface area contributed by atoms with E-state index >= 15 is 0 Å². The first-order chi connectivity index (χ1) is 11.4. The maximum absolute atomic E-state index is 13.0. The summed E-state index contributed by atoms with van der Waals surface area (Å²) in [5, 5.41) is 9.69. The molecule has 0 saturated carbocycles. The smallest absolute Gasteiger partial charge is 0.305 e. The largest absolute Gasteiger partial charge is 0.481 e. The maximum Gasteiger partial charge on any atom is 0.305 e. The van der Waals surface area contributed by atoms with Gasteiger partial charge >= 0.3 is 5.97 Å². The number of halogens is 1. The van der Waals surface area contributed by atoms with Gasteiger partial charge in [-0.2, -0.15) is 4.31 Å². The Morgan fingerprint density at radius 1 is 1.17 bits per heavy atom. The third-order valence-corrected chi connectivity index (χ3v) is 6.33. The highest BCUT2D eigenvalue weighted by Crippen LogP contribution is 2.36. The van der Waals surface area contributed by atoms with Crippen LogP contribution in [0.1, 0.15) is 23.6 Å². The van der Waals surface area contributed by atoms with Gasteiger partial charge in [-0.25, -0.2) is 8.42 Å². The van der Waals surface area contributed by atoms with Crippen LogP contribution in [0.3, 0.4) is 0 Å². The van der Waals surface area contributed by atoms with Crippen molar-refractivity contribution >= 4 is 27.6 Å². The Balaban J connectivity index is 2.05. The van der Waals surface area contributed by atoms with Gasteiger partial charge < -0.3 is 5.11 Å². The van der Waals surface area contributed by atoms with E-state index in [4.69, 9.17) is 11.6 Å². The van der Waals surface area contributed by atoms with Crippen molar-refractivity contribution in [2.45, 2.75) is 23.8 Å². The number of nitrogens with zero attached hydrogens (tertiary/aromatic N) is 1. The van der Waals surface area contributed by atoms with Crippen LogP contribution in [-0.4, -0.2) is 30.3 Å². The molecule has 0 spiro atoms. The van der Waals surface area contributed by atoms with E-state index in [2.05, 4.69) is 0 Å². The van der Waals surface area contributed by atoms with Crippen molar-refractivity contribution in [2.24, 2.45) is 0 Å². The summed E-state index contributed by atoms with van der Waals surface area (Å²) in [6.45, 7) is 0.250. The van der Waals surface area contributed by atoms with Gasteiger partial charge in [0.2, 0.25) is 10.0 Å². The molecule has 1 N–H and O–H groups in total. The van der Waals surface area contributed by atoms with Gasteiger partial charge in [0.25, 0.3) is 0 Å².